The molecule has 1 aliphatic heterocycles. The van der Waals surface area contributed by atoms with Gasteiger partial charge in [-0.05, 0) is 37.0 Å². The summed E-state index contributed by atoms with van der Waals surface area (Å²) in [7, 11) is 0. The molecule has 0 bridgehead atoms. The minimum atomic E-state index is -0.223. The van der Waals surface area contributed by atoms with Crippen LogP contribution in [0.3, 0.4) is 0 Å². The molecular formula is C17H17FN4OS. The van der Waals surface area contributed by atoms with Crippen molar-refractivity contribution in [3.63, 3.8) is 0 Å². The number of fused-ring (bicyclic) bond motifs is 1. The molecule has 3 aromatic rings. The van der Waals surface area contributed by atoms with Crippen molar-refractivity contribution in [3.05, 3.63) is 48.3 Å². The maximum Gasteiger partial charge on any atom is 0.166 e. The van der Waals surface area contributed by atoms with E-state index >= 15 is 0 Å². The molecule has 0 spiro atoms. The highest BCUT2D eigenvalue weighted by molar-refractivity contribution is 7.98. The Bertz CT molecular complexity index is 847. The van der Waals surface area contributed by atoms with Crippen molar-refractivity contribution in [2.75, 3.05) is 6.61 Å². The van der Waals surface area contributed by atoms with Gasteiger partial charge in [0.1, 0.15) is 28.9 Å². The Labute approximate surface area is 143 Å². The van der Waals surface area contributed by atoms with Gasteiger partial charge < -0.3 is 4.74 Å². The highest BCUT2D eigenvalue weighted by atomic mass is 32.2. The van der Waals surface area contributed by atoms with Crippen molar-refractivity contribution in [1.82, 2.24) is 19.5 Å². The van der Waals surface area contributed by atoms with Crippen LogP contribution in [0.1, 0.15) is 31.1 Å². The largest absolute Gasteiger partial charge is 0.358 e. The molecule has 0 N–H and O–H groups in total. The van der Waals surface area contributed by atoms with E-state index in [-0.39, 0.29) is 12.0 Å². The van der Waals surface area contributed by atoms with Gasteiger partial charge >= 0.3 is 0 Å². The number of benzene rings is 1. The highest BCUT2D eigenvalue weighted by Gasteiger charge is 2.20. The summed E-state index contributed by atoms with van der Waals surface area (Å²) in [6, 6.07) is 6.61. The Hall–Kier alpha value is -1.99. The molecule has 24 heavy (non-hydrogen) atoms. The number of imidazole rings is 1. The smallest absolute Gasteiger partial charge is 0.166 e. The van der Waals surface area contributed by atoms with E-state index in [4.69, 9.17) is 4.74 Å². The molecule has 2 aromatic heterocycles. The monoisotopic (exact) mass is 344 g/mol. The Balaban J connectivity index is 1.58. The van der Waals surface area contributed by atoms with Crippen molar-refractivity contribution in [1.29, 1.82) is 0 Å². The number of hydrogen-bond donors (Lipinski definition) is 0. The number of hydrogen-bond acceptors (Lipinski definition) is 5. The molecule has 7 heteroatoms. The molecule has 0 aliphatic carbocycles. The maximum absolute atomic E-state index is 13.3. The van der Waals surface area contributed by atoms with Crippen LogP contribution < -0.4 is 0 Å². The zero-order chi connectivity index (χ0) is 16.4. The third-order valence-electron chi connectivity index (χ3n) is 4.06. The molecule has 4 rings (SSSR count). The predicted molar refractivity (Wildman–Crippen MR) is 90.1 cm³/mol. The molecule has 5 nitrogen and oxygen atoms in total. The number of thioether (sulfide) groups is 1. The first-order valence-corrected chi connectivity index (χ1v) is 8.96. The Morgan fingerprint density at radius 1 is 1.25 bits per heavy atom. The molecule has 0 amide bonds. The normalized spacial score (nSPS) is 18.1. The summed E-state index contributed by atoms with van der Waals surface area (Å²) in [6.45, 7) is 0.774. The van der Waals surface area contributed by atoms with Crippen molar-refractivity contribution in [2.24, 2.45) is 0 Å². The lowest BCUT2D eigenvalue weighted by atomic mass is 10.2. The summed E-state index contributed by atoms with van der Waals surface area (Å²) in [5.74, 6) is 0.413. The lowest BCUT2D eigenvalue weighted by molar-refractivity contribution is -0.0298. The van der Waals surface area contributed by atoms with Crippen LogP contribution in [0.25, 0.3) is 11.2 Å². The SMILES string of the molecule is Fc1cccc(CSc2ncnc3c2ncn3[C@H]2CCCCO2)c1. The second-order valence-corrected chi connectivity index (χ2v) is 6.71. The van der Waals surface area contributed by atoms with Gasteiger partial charge in [-0.3, -0.25) is 4.57 Å². The van der Waals surface area contributed by atoms with E-state index in [2.05, 4.69) is 15.0 Å². The van der Waals surface area contributed by atoms with Crippen molar-refractivity contribution in [3.8, 4) is 0 Å². The van der Waals surface area contributed by atoms with Gasteiger partial charge in [0.2, 0.25) is 0 Å². The fourth-order valence-electron chi connectivity index (χ4n) is 2.87. The minimum absolute atomic E-state index is 0.000260. The number of ether oxygens (including phenoxy) is 1. The van der Waals surface area contributed by atoms with Crippen LogP contribution in [0, 0.1) is 5.82 Å². The minimum Gasteiger partial charge on any atom is -0.358 e. The number of aromatic nitrogens is 4. The van der Waals surface area contributed by atoms with Crippen LogP contribution in [0.2, 0.25) is 0 Å². The van der Waals surface area contributed by atoms with Crippen LogP contribution in [0.5, 0.6) is 0 Å². The van der Waals surface area contributed by atoms with Gasteiger partial charge in [-0.1, -0.05) is 23.9 Å². The molecule has 124 valence electrons. The third kappa shape index (κ3) is 3.14. The van der Waals surface area contributed by atoms with Crippen LogP contribution in [0.4, 0.5) is 4.39 Å². The molecule has 1 aromatic carbocycles. The Morgan fingerprint density at radius 2 is 2.21 bits per heavy atom. The van der Waals surface area contributed by atoms with Crippen LogP contribution >= 0.6 is 11.8 Å². The molecule has 1 atom stereocenters. The summed E-state index contributed by atoms with van der Waals surface area (Å²) in [5.41, 5.74) is 2.48. The van der Waals surface area contributed by atoms with E-state index in [0.717, 1.165) is 47.6 Å². The molecule has 3 heterocycles. The summed E-state index contributed by atoms with van der Waals surface area (Å²) in [5, 5.41) is 0.804. The standard InChI is InChI=1S/C17H17FN4OS/c18-13-5-3-4-12(8-13)9-24-17-15-16(19-10-20-17)22(11-21-15)14-6-1-2-7-23-14/h3-5,8,10-11,14H,1-2,6-7,9H2/t14-/m1/s1. The van der Waals surface area contributed by atoms with Crippen LogP contribution in [-0.2, 0) is 10.5 Å². The van der Waals surface area contributed by atoms with Gasteiger partial charge in [0.25, 0.3) is 0 Å². The predicted octanol–water partition coefficient (Wildman–Crippen LogP) is 3.96. The topological polar surface area (TPSA) is 52.8 Å². The first kappa shape index (κ1) is 15.5. The summed E-state index contributed by atoms with van der Waals surface area (Å²) >= 11 is 1.54. The van der Waals surface area contributed by atoms with Gasteiger partial charge in [-0.15, -0.1) is 0 Å². The molecule has 0 unspecified atom stereocenters. The van der Waals surface area contributed by atoms with Crippen molar-refractivity contribution < 1.29 is 9.13 Å². The van der Waals surface area contributed by atoms with E-state index in [1.54, 1.807) is 24.8 Å². The fourth-order valence-corrected chi connectivity index (χ4v) is 3.75. The van der Waals surface area contributed by atoms with E-state index in [9.17, 15) is 4.39 Å². The van der Waals surface area contributed by atoms with Gasteiger partial charge in [0.05, 0.1) is 6.33 Å². The van der Waals surface area contributed by atoms with E-state index in [1.807, 2.05) is 10.6 Å². The zero-order valence-corrected chi connectivity index (χ0v) is 13.9. The third-order valence-corrected chi connectivity index (χ3v) is 5.11. The van der Waals surface area contributed by atoms with Gasteiger partial charge in [0.15, 0.2) is 5.65 Å². The van der Waals surface area contributed by atoms with Crippen molar-refractivity contribution in [2.45, 2.75) is 36.3 Å². The average molecular weight is 344 g/mol. The number of halogens is 1. The van der Waals surface area contributed by atoms with E-state index in [0.29, 0.717) is 5.75 Å². The van der Waals surface area contributed by atoms with Gasteiger partial charge in [-0.25, -0.2) is 19.3 Å². The first-order chi connectivity index (χ1) is 11.8. The average Bonchev–Trinajstić information content (AvgIpc) is 3.05. The van der Waals surface area contributed by atoms with Crippen LogP contribution in [-0.4, -0.2) is 26.1 Å². The molecule has 0 radical (unpaired) electrons. The second-order valence-electron chi connectivity index (χ2n) is 5.74. The molecule has 1 aliphatic rings. The second kappa shape index (κ2) is 6.86. The summed E-state index contributed by atoms with van der Waals surface area (Å²) < 4.78 is 21.1. The highest BCUT2D eigenvalue weighted by Crippen LogP contribution is 2.30. The number of rotatable bonds is 4. The van der Waals surface area contributed by atoms with E-state index in [1.165, 1.54) is 17.8 Å². The molecule has 1 saturated heterocycles. The molecule has 1 fully saturated rings. The Morgan fingerprint density at radius 3 is 3.04 bits per heavy atom. The van der Waals surface area contributed by atoms with Crippen LogP contribution in [0.15, 0.2) is 41.9 Å². The fraction of sp³-hybridized carbons (Fsp3) is 0.353. The summed E-state index contributed by atoms with van der Waals surface area (Å²) in [6.07, 6.45) is 6.56. The lowest BCUT2D eigenvalue weighted by Gasteiger charge is -2.23. The van der Waals surface area contributed by atoms with Crippen molar-refractivity contribution >= 4 is 22.9 Å². The van der Waals surface area contributed by atoms with Gasteiger partial charge in [0, 0.05) is 12.4 Å². The number of nitrogens with zero attached hydrogens (tertiary/aromatic N) is 4. The first-order valence-electron chi connectivity index (χ1n) is 7.97. The van der Waals surface area contributed by atoms with Gasteiger partial charge in [-0.2, -0.15) is 0 Å². The Kier molecular flexibility index (Phi) is 4.44. The summed E-state index contributed by atoms with van der Waals surface area (Å²) in [4.78, 5) is 13.2. The zero-order valence-electron chi connectivity index (χ0n) is 13.1. The lowest BCUT2D eigenvalue weighted by Crippen LogP contribution is -2.17. The molecular weight excluding hydrogens is 327 g/mol. The van der Waals surface area contributed by atoms with E-state index < -0.39 is 0 Å². The maximum atomic E-state index is 13.3. The quantitative estimate of drug-likeness (QED) is 0.530. The molecule has 0 saturated carbocycles.